The maximum absolute atomic E-state index is 11.2. The van der Waals surface area contributed by atoms with E-state index in [-0.39, 0.29) is 5.97 Å². The quantitative estimate of drug-likeness (QED) is 0.298. The van der Waals surface area contributed by atoms with Crippen molar-refractivity contribution < 1.29 is 9.53 Å². The Bertz CT molecular complexity index is 221. The van der Waals surface area contributed by atoms with Gasteiger partial charge in [-0.2, -0.15) is 0 Å². The summed E-state index contributed by atoms with van der Waals surface area (Å²) in [7, 11) is 0. The molecule has 1 unspecified atom stereocenters. The van der Waals surface area contributed by atoms with E-state index in [1.807, 2.05) is 6.92 Å². The molecule has 0 amide bonds. The Morgan fingerprint density at radius 1 is 1.11 bits per heavy atom. The van der Waals surface area contributed by atoms with E-state index < -0.39 is 0 Å². The number of rotatable bonds is 11. The molecular formula is C16H30O2. The van der Waals surface area contributed by atoms with Crippen molar-refractivity contribution in [2.24, 2.45) is 5.92 Å². The van der Waals surface area contributed by atoms with Gasteiger partial charge in [0.2, 0.25) is 0 Å². The van der Waals surface area contributed by atoms with E-state index in [0.29, 0.717) is 18.9 Å². The number of allylic oxidation sites excluding steroid dienone is 1. The Balaban J connectivity index is 3.92. The van der Waals surface area contributed by atoms with Gasteiger partial charge in [0.05, 0.1) is 6.61 Å². The van der Waals surface area contributed by atoms with Crippen LogP contribution in [-0.4, -0.2) is 12.6 Å². The second kappa shape index (κ2) is 12.7. The Morgan fingerprint density at radius 2 is 1.83 bits per heavy atom. The molecule has 106 valence electrons. The van der Waals surface area contributed by atoms with Crippen LogP contribution < -0.4 is 0 Å². The predicted molar refractivity (Wildman–Crippen MR) is 77.5 cm³/mol. The van der Waals surface area contributed by atoms with E-state index in [4.69, 9.17) is 4.74 Å². The summed E-state index contributed by atoms with van der Waals surface area (Å²) < 4.78 is 5.24. The summed E-state index contributed by atoms with van der Waals surface area (Å²) in [6.45, 7) is 6.80. The molecule has 0 radical (unpaired) electrons. The van der Waals surface area contributed by atoms with E-state index in [1.165, 1.54) is 32.1 Å². The zero-order chi connectivity index (χ0) is 13.6. The third-order valence-electron chi connectivity index (χ3n) is 3.06. The van der Waals surface area contributed by atoms with Crippen LogP contribution in [0, 0.1) is 5.92 Å². The first-order valence-corrected chi connectivity index (χ1v) is 7.56. The molecule has 2 nitrogen and oxygen atoms in total. The van der Waals surface area contributed by atoms with Crippen LogP contribution in [0.25, 0.3) is 0 Å². The number of carbonyl (C=O) groups excluding carboxylic acids is 1. The summed E-state index contributed by atoms with van der Waals surface area (Å²) in [5.74, 6) is 0.318. The molecule has 0 saturated carbocycles. The molecule has 0 fully saturated rings. The molecule has 0 spiro atoms. The van der Waals surface area contributed by atoms with Gasteiger partial charge in [-0.3, -0.25) is 4.79 Å². The molecule has 0 aromatic carbocycles. The summed E-state index contributed by atoms with van der Waals surface area (Å²) >= 11 is 0. The number of ether oxygens (including phenoxy) is 1. The molecule has 2 heteroatoms. The third kappa shape index (κ3) is 10.4. The van der Waals surface area contributed by atoms with Crippen molar-refractivity contribution in [1.82, 2.24) is 0 Å². The van der Waals surface area contributed by atoms with Gasteiger partial charge in [0.1, 0.15) is 0 Å². The van der Waals surface area contributed by atoms with Gasteiger partial charge >= 0.3 is 5.97 Å². The van der Waals surface area contributed by atoms with Crippen molar-refractivity contribution >= 4 is 5.97 Å². The summed E-state index contributed by atoms with van der Waals surface area (Å²) in [4.78, 5) is 11.2. The fourth-order valence-electron chi connectivity index (χ4n) is 1.80. The van der Waals surface area contributed by atoms with Crippen molar-refractivity contribution in [3.63, 3.8) is 0 Å². The lowest BCUT2D eigenvalue weighted by molar-refractivity contribution is -0.144. The number of esters is 1. The van der Waals surface area contributed by atoms with Crippen LogP contribution in [0.4, 0.5) is 0 Å². The average molecular weight is 254 g/mol. The van der Waals surface area contributed by atoms with E-state index in [2.05, 4.69) is 26.0 Å². The fourth-order valence-corrected chi connectivity index (χ4v) is 1.80. The highest BCUT2D eigenvalue weighted by Crippen LogP contribution is 2.12. The third-order valence-corrected chi connectivity index (χ3v) is 3.06. The predicted octanol–water partition coefficient (Wildman–Crippen LogP) is 4.88. The van der Waals surface area contributed by atoms with Crippen molar-refractivity contribution in [3.8, 4) is 0 Å². The molecule has 0 heterocycles. The molecule has 0 saturated heterocycles. The van der Waals surface area contributed by atoms with Crippen LogP contribution in [0.5, 0.6) is 0 Å². The number of hydrogen-bond acceptors (Lipinski definition) is 2. The topological polar surface area (TPSA) is 26.3 Å². The first-order chi connectivity index (χ1) is 8.74. The molecule has 18 heavy (non-hydrogen) atoms. The smallest absolute Gasteiger partial charge is 0.305 e. The summed E-state index contributed by atoms with van der Waals surface area (Å²) in [6.07, 6.45) is 13.5. The van der Waals surface area contributed by atoms with Crippen LogP contribution in [0.3, 0.4) is 0 Å². The van der Waals surface area contributed by atoms with E-state index >= 15 is 0 Å². The van der Waals surface area contributed by atoms with Gasteiger partial charge in [0.25, 0.3) is 0 Å². The maximum atomic E-state index is 11.2. The lowest BCUT2D eigenvalue weighted by Crippen LogP contribution is -2.12. The van der Waals surface area contributed by atoms with Crippen LogP contribution in [0.2, 0.25) is 0 Å². The first-order valence-electron chi connectivity index (χ1n) is 7.56. The van der Waals surface area contributed by atoms with E-state index in [1.54, 1.807) is 0 Å². The van der Waals surface area contributed by atoms with Gasteiger partial charge in [0.15, 0.2) is 0 Å². The minimum Gasteiger partial charge on any atom is -0.465 e. The highest BCUT2D eigenvalue weighted by Gasteiger charge is 2.07. The molecule has 0 aliphatic carbocycles. The van der Waals surface area contributed by atoms with Crippen molar-refractivity contribution in [2.75, 3.05) is 6.61 Å². The van der Waals surface area contributed by atoms with E-state index in [9.17, 15) is 4.79 Å². The van der Waals surface area contributed by atoms with Crippen LogP contribution in [0.15, 0.2) is 12.2 Å². The number of carbonyl (C=O) groups is 1. The SMILES string of the molecule is CCCCC/C=C\C(CCCC)COC(=O)CC. The molecule has 1 atom stereocenters. The molecular weight excluding hydrogens is 224 g/mol. The van der Waals surface area contributed by atoms with Gasteiger partial charge < -0.3 is 4.74 Å². The van der Waals surface area contributed by atoms with Crippen molar-refractivity contribution in [1.29, 1.82) is 0 Å². The minimum atomic E-state index is -0.0871. The summed E-state index contributed by atoms with van der Waals surface area (Å²) in [5.41, 5.74) is 0. The highest BCUT2D eigenvalue weighted by atomic mass is 16.5. The van der Waals surface area contributed by atoms with Crippen LogP contribution in [0.1, 0.15) is 72.1 Å². The summed E-state index contributed by atoms with van der Waals surface area (Å²) in [6, 6.07) is 0. The molecule has 0 aromatic heterocycles. The second-order valence-electron chi connectivity index (χ2n) is 4.86. The van der Waals surface area contributed by atoms with Gasteiger partial charge in [-0.1, -0.05) is 58.6 Å². The molecule has 0 bridgehead atoms. The molecule has 0 aliphatic heterocycles. The zero-order valence-corrected chi connectivity index (χ0v) is 12.4. The average Bonchev–Trinajstić information content (AvgIpc) is 2.40. The van der Waals surface area contributed by atoms with Crippen LogP contribution in [-0.2, 0) is 9.53 Å². The molecule has 0 aliphatic rings. The largest absolute Gasteiger partial charge is 0.465 e. The minimum absolute atomic E-state index is 0.0871. The standard InChI is InChI=1S/C16H30O2/c1-4-7-9-10-11-13-15(12-8-5-2)14-18-16(17)6-3/h11,13,15H,4-10,12,14H2,1-3H3/b13-11-. The Kier molecular flexibility index (Phi) is 12.1. The molecule has 0 rings (SSSR count). The second-order valence-corrected chi connectivity index (χ2v) is 4.86. The first kappa shape index (κ1) is 17.2. The maximum Gasteiger partial charge on any atom is 0.305 e. The summed E-state index contributed by atoms with van der Waals surface area (Å²) in [5, 5.41) is 0. The number of unbranched alkanes of at least 4 members (excludes halogenated alkanes) is 4. The van der Waals surface area contributed by atoms with Gasteiger partial charge in [-0.25, -0.2) is 0 Å². The van der Waals surface area contributed by atoms with Crippen molar-refractivity contribution in [2.45, 2.75) is 72.1 Å². The molecule has 0 aromatic rings. The Morgan fingerprint density at radius 3 is 2.44 bits per heavy atom. The Hall–Kier alpha value is -0.790. The van der Waals surface area contributed by atoms with Gasteiger partial charge in [-0.15, -0.1) is 0 Å². The van der Waals surface area contributed by atoms with E-state index in [0.717, 1.165) is 12.8 Å². The lowest BCUT2D eigenvalue weighted by atomic mass is 10.0. The van der Waals surface area contributed by atoms with Gasteiger partial charge in [0, 0.05) is 12.3 Å². The zero-order valence-electron chi connectivity index (χ0n) is 12.4. The Labute approximate surface area is 113 Å². The van der Waals surface area contributed by atoms with Crippen molar-refractivity contribution in [3.05, 3.63) is 12.2 Å². The number of hydrogen-bond donors (Lipinski definition) is 0. The van der Waals surface area contributed by atoms with Crippen LogP contribution >= 0.6 is 0 Å². The highest BCUT2D eigenvalue weighted by molar-refractivity contribution is 5.68. The fraction of sp³-hybridized carbons (Fsp3) is 0.812. The lowest BCUT2D eigenvalue weighted by Gasteiger charge is -2.12. The van der Waals surface area contributed by atoms with Gasteiger partial charge in [-0.05, 0) is 19.3 Å². The molecule has 0 N–H and O–H groups in total. The normalized spacial score (nSPS) is 12.8. The monoisotopic (exact) mass is 254 g/mol.